The van der Waals surface area contributed by atoms with Gasteiger partial charge in [0.25, 0.3) is 0 Å². The summed E-state index contributed by atoms with van der Waals surface area (Å²) in [6, 6.07) is 4.90. The third-order valence-electron chi connectivity index (χ3n) is 5.05. The highest BCUT2D eigenvalue weighted by atomic mass is 16.6. The quantitative estimate of drug-likeness (QED) is 0.470. The minimum atomic E-state index is -0.578. The van der Waals surface area contributed by atoms with Gasteiger partial charge >= 0.3 is 11.7 Å². The molecule has 1 atom stereocenters. The Labute approximate surface area is 146 Å². The molecule has 8 heteroatoms. The summed E-state index contributed by atoms with van der Waals surface area (Å²) < 4.78 is 9.70. The first-order chi connectivity index (χ1) is 12.0. The predicted octanol–water partition coefficient (Wildman–Crippen LogP) is 1.33. The van der Waals surface area contributed by atoms with E-state index >= 15 is 0 Å². The van der Waals surface area contributed by atoms with Crippen LogP contribution >= 0.6 is 0 Å². The van der Waals surface area contributed by atoms with E-state index in [9.17, 15) is 14.9 Å². The highest BCUT2D eigenvalue weighted by Crippen LogP contribution is 2.37. The van der Waals surface area contributed by atoms with Gasteiger partial charge < -0.3 is 14.8 Å². The standard InChI is InChI=1S/C17H23N3O5/c1-24-16(21)10-25-15-3-2-13(8-14(15)20(22)23)9-19-7-5-17(12-19)4-6-18-11-17/h2-3,8,18H,4-7,9-12H2,1H3. The zero-order valence-electron chi connectivity index (χ0n) is 14.3. The zero-order chi connectivity index (χ0) is 17.9. The second-order valence-corrected chi connectivity index (χ2v) is 6.81. The summed E-state index contributed by atoms with van der Waals surface area (Å²) in [6.45, 7) is 4.50. The van der Waals surface area contributed by atoms with Gasteiger partial charge in [0.05, 0.1) is 12.0 Å². The van der Waals surface area contributed by atoms with Crippen molar-refractivity contribution in [3.63, 3.8) is 0 Å². The summed E-state index contributed by atoms with van der Waals surface area (Å²) in [5.74, 6) is -0.497. The Bertz CT molecular complexity index is 658. The van der Waals surface area contributed by atoms with Crippen LogP contribution in [0.15, 0.2) is 18.2 Å². The van der Waals surface area contributed by atoms with Crippen LogP contribution in [0.3, 0.4) is 0 Å². The number of hydrogen-bond acceptors (Lipinski definition) is 7. The van der Waals surface area contributed by atoms with Crippen LogP contribution < -0.4 is 10.1 Å². The number of benzene rings is 1. The van der Waals surface area contributed by atoms with Gasteiger partial charge in [0.2, 0.25) is 0 Å². The summed E-state index contributed by atoms with van der Waals surface area (Å²) in [4.78, 5) is 24.3. The molecule has 0 saturated carbocycles. The molecule has 2 aliphatic heterocycles. The van der Waals surface area contributed by atoms with Gasteiger partial charge in [0.15, 0.2) is 12.4 Å². The van der Waals surface area contributed by atoms with Gasteiger partial charge in [-0.2, -0.15) is 0 Å². The number of nitrogens with one attached hydrogen (secondary N) is 1. The number of rotatable bonds is 6. The highest BCUT2D eigenvalue weighted by molar-refractivity contribution is 5.71. The number of carbonyl (C=O) groups excluding carboxylic acids is 1. The van der Waals surface area contributed by atoms with Crippen molar-refractivity contribution in [2.75, 3.05) is 39.9 Å². The van der Waals surface area contributed by atoms with E-state index in [2.05, 4.69) is 15.0 Å². The van der Waals surface area contributed by atoms with Gasteiger partial charge in [0.1, 0.15) is 0 Å². The van der Waals surface area contributed by atoms with Crippen molar-refractivity contribution in [1.82, 2.24) is 10.2 Å². The van der Waals surface area contributed by atoms with Crippen molar-refractivity contribution < 1.29 is 19.2 Å². The average Bonchev–Trinajstić information content (AvgIpc) is 3.23. The predicted molar refractivity (Wildman–Crippen MR) is 90.4 cm³/mol. The third-order valence-corrected chi connectivity index (χ3v) is 5.05. The second-order valence-electron chi connectivity index (χ2n) is 6.81. The lowest BCUT2D eigenvalue weighted by molar-refractivity contribution is -0.385. The molecule has 0 radical (unpaired) electrons. The van der Waals surface area contributed by atoms with Crippen molar-refractivity contribution in [2.45, 2.75) is 19.4 Å². The summed E-state index contributed by atoms with van der Waals surface area (Å²) in [7, 11) is 1.24. The van der Waals surface area contributed by atoms with Crippen LogP contribution in [0.5, 0.6) is 5.75 Å². The topological polar surface area (TPSA) is 93.9 Å². The molecule has 1 unspecified atom stereocenters. The maximum absolute atomic E-state index is 11.3. The molecule has 25 heavy (non-hydrogen) atoms. The van der Waals surface area contributed by atoms with Crippen LogP contribution in [0.4, 0.5) is 5.69 Å². The van der Waals surface area contributed by atoms with Gasteiger partial charge in [0, 0.05) is 25.7 Å². The Morgan fingerprint density at radius 1 is 1.44 bits per heavy atom. The number of hydrogen-bond donors (Lipinski definition) is 1. The molecule has 1 spiro atoms. The van der Waals surface area contributed by atoms with E-state index in [1.807, 2.05) is 6.07 Å². The van der Waals surface area contributed by atoms with E-state index in [-0.39, 0.29) is 18.0 Å². The summed E-state index contributed by atoms with van der Waals surface area (Å²) in [5, 5.41) is 14.7. The lowest BCUT2D eigenvalue weighted by Crippen LogP contribution is -2.28. The van der Waals surface area contributed by atoms with Crippen LogP contribution in [0, 0.1) is 15.5 Å². The molecule has 0 aliphatic carbocycles. The average molecular weight is 349 g/mol. The monoisotopic (exact) mass is 349 g/mol. The molecule has 2 heterocycles. The molecule has 1 aromatic carbocycles. The van der Waals surface area contributed by atoms with Gasteiger partial charge in [-0.1, -0.05) is 6.07 Å². The van der Waals surface area contributed by atoms with Crippen molar-refractivity contribution in [3.8, 4) is 5.75 Å². The molecule has 0 bridgehead atoms. The fraction of sp³-hybridized carbons (Fsp3) is 0.588. The fourth-order valence-corrected chi connectivity index (χ4v) is 3.69. The highest BCUT2D eigenvalue weighted by Gasteiger charge is 2.40. The normalized spacial score (nSPS) is 23.1. The molecule has 1 aromatic rings. The minimum absolute atomic E-state index is 0.0806. The third kappa shape index (κ3) is 4.08. The number of nitrogens with zero attached hydrogens (tertiary/aromatic N) is 2. The van der Waals surface area contributed by atoms with E-state index in [0.29, 0.717) is 12.0 Å². The van der Waals surface area contributed by atoms with Crippen LogP contribution in [-0.2, 0) is 16.1 Å². The molecule has 136 valence electrons. The Morgan fingerprint density at radius 3 is 2.96 bits per heavy atom. The number of ether oxygens (including phenoxy) is 2. The Balaban J connectivity index is 1.67. The Hall–Kier alpha value is -2.19. The first-order valence-electron chi connectivity index (χ1n) is 8.41. The number of methoxy groups -OCH3 is 1. The second kappa shape index (κ2) is 7.37. The molecule has 2 aliphatic rings. The molecule has 2 fully saturated rings. The van der Waals surface area contributed by atoms with Gasteiger partial charge in [-0.3, -0.25) is 15.0 Å². The Kier molecular flexibility index (Phi) is 5.19. The van der Waals surface area contributed by atoms with Crippen LogP contribution in [0.1, 0.15) is 18.4 Å². The molecule has 0 aromatic heterocycles. The van der Waals surface area contributed by atoms with E-state index in [1.54, 1.807) is 6.07 Å². The van der Waals surface area contributed by atoms with E-state index in [0.717, 1.165) is 31.7 Å². The molecule has 0 amide bonds. The van der Waals surface area contributed by atoms with Crippen molar-refractivity contribution >= 4 is 11.7 Å². The molecular formula is C17H23N3O5. The van der Waals surface area contributed by atoms with Crippen LogP contribution in [0.2, 0.25) is 0 Å². The number of esters is 1. The SMILES string of the molecule is COC(=O)COc1ccc(CN2CCC3(CCNC3)C2)cc1[N+](=O)[O-]. The van der Waals surface area contributed by atoms with Gasteiger partial charge in [-0.15, -0.1) is 0 Å². The van der Waals surface area contributed by atoms with Gasteiger partial charge in [-0.05, 0) is 43.0 Å². The summed E-state index contributed by atoms with van der Waals surface area (Å²) in [6.07, 6.45) is 2.37. The molecular weight excluding hydrogens is 326 g/mol. The molecule has 1 N–H and O–H groups in total. The number of nitro benzene ring substituents is 1. The van der Waals surface area contributed by atoms with Crippen molar-refractivity contribution in [3.05, 3.63) is 33.9 Å². The largest absolute Gasteiger partial charge is 0.475 e. The molecule has 3 rings (SSSR count). The number of nitro groups is 1. The van der Waals surface area contributed by atoms with E-state index < -0.39 is 10.9 Å². The number of likely N-dealkylation sites (tertiary alicyclic amines) is 1. The maximum Gasteiger partial charge on any atom is 0.343 e. The van der Waals surface area contributed by atoms with Gasteiger partial charge in [-0.25, -0.2) is 4.79 Å². The van der Waals surface area contributed by atoms with Crippen molar-refractivity contribution in [1.29, 1.82) is 0 Å². The summed E-state index contributed by atoms with van der Waals surface area (Å²) >= 11 is 0. The maximum atomic E-state index is 11.3. The lowest BCUT2D eigenvalue weighted by Gasteiger charge is -2.22. The zero-order valence-corrected chi connectivity index (χ0v) is 14.3. The lowest BCUT2D eigenvalue weighted by atomic mass is 9.86. The summed E-state index contributed by atoms with van der Waals surface area (Å²) in [5.41, 5.74) is 1.12. The smallest absolute Gasteiger partial charge is 0.343 e. The molecule has 8 nitrogen and oxygen atoms in total. The van der Waals surface area contributed by atoms with Crippen molar-refractivity contribution in [2.24, 2.45) is 5.41 Å². The van der Waals surface area contributed by atoms with E-state index in [4.69, 9.17) is 4.74 Å². The fourth-order valence-electron chi connectivity index (χ4n) is 3.69. The minimum Gasteiger partial charge on any atom is -0.475 e. The Morgan fingerprint density at radius 2 is 2.28 bits per heavy atom. The first kappa shape index (κ1) is 17.6. The molecule has 2 saturated heterocycles. The number of carbonyl (C=O) groups is 1. The first-order valence-corrected chi connectivity index (χ1v) is 8.41. The van der Waals surface area contributed by atoms with E-state index in [1.165, 1.54) is 26.0 Å². The van der Waals surface area contributed by atoms with Crippen LogP contribution in [-0.4, -0.2) is 55.7 Å². The van der Waals surface area contributed by atoms with Crippen LogP contribution in [0.25, 0.3) is 0 Å².